The average Bonchev–Trinajstić information content (AvgIpc) is 2.65. The highest BCUT2D eigenvalue weighted by atomic mass is 16.4. The Kier molecular flexibility index (Phi) is 6.82. The number of amides is 2. The smallest absolute Gasteiger partial charge is 0.322 e. The Morgan fingerprint density at radius 3 is 2.04 bits per heavy atom. The lowest BCUT2D eigenvalue weighted by Crippen LogP contribution is -2.29. The molecule has 3 N–H and O–H groups in total. The topological polar surface area (TPSA) is 113 Å². The molecule has 0 spiro atoms. The Labute approximate surface area is 156 Å². The first-order chi connectivity index (χ1) is 12.8. The molecule has 0 bridgehead atoms. The Hall–Kier alpha value is -3.48. The van der Waals surface area contributed by atoms with Crippen LogP contribution in [0.1, 0.15) is 39.1 Å². The summed E-state index contributed by atoms with van der Waals surface area (Å²) in [5.74, 6) is -2.06. The van der Waals surface area contributed by atoms with Crippen molar-refractivity contribution in [2.24, 2.45) is 0 Å². The molecule has 0 aliphatic heterocycles. The van der Waals surface area contributed by atoms with Gasteiger partial charge in [-0.2, -0.15) is 0 Å². The van der Waals surface area contributed by atoms with Crippen LogP contribution in [-0.2, 0) is 9.59 Å². The van der Waals surface area contributed by atoms with Crippen LogP contribution < -0.4 is 10.6 Å². The van der Waals surface area contributed by atoms with Crippen LogP contribution in [0.15, 0.2) is 48.5 Å². The maximum absolute atomic E-state index is 12.1. The van der Waals surface area contributed by atoms with Gasteiger partial charge in [0.2, 0.25) is 5.91 Å². The standard InChI is InChI=1S/C20H20N2O5/c1-13-2-4-14(5-3-13)17(23)10-11-18(24)22-16-8-6-15(7-9-16)20(27)21-12-19(25)26/h2-9H,10-12H2,1H3,(H,21,27)(H,22,24)(H,25,26). The highest BCUT2D eigenvalue weighted by Crippen LogP contribution is 2.12. The molecule has 0 saturated heterocycles. The minimum atomic E-state index is -1.13. The van der Waals surface area contributed by atoms with Gasteiger partial charge >= 0.3 is 5.97 Å². The molecule has 0 radical (unpaired) electrons. The zero-order valence-electron chi connectivity index (χ0n) is 14.8. The van der Waals surface area contributed by atoms with Crippen molar-refractivity contribution < 1.29 is 24.3 Å². The lowest BCUT2D eigenvalue weighted by Gasteiger charge is -2.07. The van der Waals surface area contributed by atoms with Gasteiger partial charge in [-0.1, -0.05) is 29.8 Å². The van der Waals surface area contributed by atoms with Gasteiger partial charge < -0.3 is 15.7 Å². The van der Waals surface area contributed by atoms with Gasteiger partial charge in [-0.15, -0.1) is 0 Å². The van der Waals surface area contributed by atoms with Crippen LogP contribution in [0.5, 0.6) is 0 Å². The number of carboxylic acid groups (broad SMARTS) is 1. The number of carbonyl (C=O) groups is 4. The predicted octanol–water partition coefficient (Wildman–Crippen LogP) is 2.41. The first-order valence-corrected chi connectivity index (χ1v) is 8.35. The molecule has 7 nitrogen and oxygen atoms in total. The van der Waals surface area contributed by atoms with Crippen molar-refractivity contribution in [3.05, 3.63) is 65.2 Å². The summed E-state index contributed by atoms with van der Waals surface area (Å²) in [6, 6.07) is 13.2. The molecule has 0 unspecified atom stereocenters. The third kappa shape index (κ3) is 6.39. The van der Waals surface area contributed by atoms with Crippen LogP contribution in [-0.4, -0.2) is 35.2 Å². The SMILES string of the molecule is Cc1ccc(C(=O)CCC(=O)Nc2ccc(C(=O)NCC(=O)O)cc2)cc1. The summed E-state index contributed by atoms with van der Waals surface area (Å²) in [5, 5.41) is 13.4. The molecule has 0 aliphatic rings. The van der Waals surface area contributed by atoms with E-state index in [4.69, 9.17) is 5.11 Å². The summed E-state index contributed by atoms with van der Waals surface area (Å²) in [5.41, 5.74) is 2.40. The molecule has 2 aromatic rings. The molecule has 0 saturated carbocycles. The van der Waals surface area contributed by atoms with Crippen molar-refractivity contribution in [3.63, 3.8) is 0 Å². The average molecular weight is 368 g/mol. The highest BCUT2D eigenvalue weighted by molar-refractivity contribution is 6.00. The van der Waals surface area contributed by atoms with E-state index in [0.29, 0.717) is 11.3 Å². The molecule has 7 heteroatoms. The number of nitrogens with one attached hydrogen (secondary N) is 2. The molecular weight excluding hydrogens is 348 g/mol. The van der Waals surface area contributed by atoms with Crippen LogP contribution in [0.2, 0.25) is 0 Å². The van der Waals surface area contributed by atoms with Gasteiger partial charge in [-0.25, -0.2) is 0 Å². The van der Waals surface area contributed by atoms with Crippen molar-refractivity contribution >= 4 is 29.3 Å². The zero-order valence-corrected chi connectivity index (χ0v) is 14.8. The largest absolute Gasteiger partial charge is 0.480 e. The van der Waals surface area contributed by atoms with E-state index < -0.39 is 18.4 Å². The van der Waals surface area contributed by atoms with Crippen molar-refractivity contribution in [2.45, 2.75) is 19.8 Å². The van der Waals surface area contributed by atoms with Gasteiger partial charge in [0.25, 0.3) is 5.91 Å². The van der Waals surface area contributed by atoms with Crippen molar-refractivity contribution in [2.75, 3.05) is 11.9 Å². The molecule has 0 aromatic heterocycles. The van der Waals surface area contributed by atoms with E-state index in [1.165, 1.54) is 24.3 Å². The number of carboxylic acids is 1. The number of rotatable bonds is 8. The number of Topliss-reactive ketones (excluding diaryl/α,β-unsaturated/α-hetero) is 1. The maximum atomic E-state index is 12.1. The van der Waals surface area contributed by atoms with Crippen LogP contribution in [0.3, 0.4) is 0 Å². The number of ketones is 1. The second-order valence-electron chi connectivity index (χ2n) is 5.99. The van der Waals surface area contributed by atoms with E-state index in [1.807, 2.05) is 19.1 Å². The van der Waals surface area contributed by atoms with Gasteiger partial charge in [0, 0.05) is 29.7 Å². The predicted molar refractivity (Wildman–Crippen MR) is 99.8 cm³/mol. The molecular formula is C20H20N2O5. The third-order valence-electron chi connectivity index (χ3n) is 3.78. The maximum Gasteiger partial charge on any atom is 0.322 e. The van der Waals surface area contributed by atoms with Crippen LogP contribution in [0.25, 0.3) is 0 Å². The number of anilines is 1. The molecule has 0 fully saturated rings. The van der Waals surface area contributed by atoms with E-state index in [9.17, 15) is 19.2 Å². The van der Waals surface area contributed by atoms with Gasteiger partial charge in [-0.3, -0.25) is 19.2 Å². The number of aryl methyl sites for hydroxylation is 1. The summed E-state index contributed by atoms with van der Waals surface area (Å²) >= 11 is 0. The summed E-state index contributed by atoms with van der Waals surface area (Å²) in [6.45, 7) is 1.47. The Morgan fingerprint density at radius 2 is 1.44 bits per heavy atom. The third-order valence-corrected chi connectivity index (χ3v) is 3.78. The van der Waals surface area contributed by atoms with Gasteiger partial charge in [0.05, 0.1) is 0 Å². The molecule has 0 aliphatic carbocycles. The van der Waals surface area contributed by atoms with E-state index in [0.717, 1.165) is 5.56 Å². The van der Waals surface area contributed by atoms with Crippen molar-refractivity contribution in [1.82, 2.24) is 5.32 Å². The molecule has 2 amide bonds. The lowest BCUT2D eigenvalue weighted by molar-refractivity contribution is -0.135. The van der Waals surface area contributed by atoms with Crippen LogP contribution >= 0.6 is 0 Å². The van der Waals surface area contributed by atoms with E-state index in [1.54, 1.807) is 12.1 Å². The van der Waals surface area contributed by atoms with Gasteiger partial charge in [-0.05, 0) is 31.2 Å². The summed E-state index contributed by atoms with van der Waals surface area (Å²) in [6.07, 6.45) is 0.151. The fourth-order valence-electron chi connectivity index (χ4n) is 2.30. The number of carbonyl (C=O) groups excluding carboxylic acids is 3. The molecule has 140 valence electrons. The number of hydrogen-bond donors (Lipinski definition) is 3. The Bertz CT molecular complexity index is 842. The highest BCUT2D eigenvalue weighted by Gasteiger charge is 2.11. The molecule has 2 aromatic carbocycles. The normalized spacial score (nSPS) is 10.1. The van der Waals surface area contributed by atoms with Crippen LogP contribution in [0, 0.1) is 6.92 Å². The first-order valence-electron chi connectivity index (χ1n) is 8.35. The summed E-state index contributed by atoms with van der Waals surface area (Å²) < 4.78 is 0. The second kappa shape index (κ2) is 9.28. The van der Waals surface area contributed by atoms with E-state index >= 15 is 0 Å². The first kappa shape index (κ1) is 19.8. The zero-order chi connectivity index (χ0) is 19.8. The minimum Gasteiger partial charge on any atom is -0.480 e. The van der Waals surface area contributed by atoms with Crippen molar-refractivity contribution in [3.8, 4) is 0 Å². The summed E-state index contributed by atoms with van der Waals surface area (Å²) in [4.78, 5) is 46.2. The number of aliphatic carboxylic acids is 1. The van der Waals surface area contributed by atoms with Gasteiger partial charge in [0.15, 0.2) is 5.78 Å². The number of benzene rings is 2. The fraction of sp³-hybridized carbons (Fsp3) is 0.200. The minimum absolute atomic E-state index is 0.0492. The molecule has 0 atom stereocenters. The monoisotopic (exact) mass is 368 g/mol. The van der Waals surface area contributed by atoms with Crippen LogP contribution in [0.4, 0.5) is 5.69 Å². The molecule has 0 heterocycles. The summed E-state index contributed by atoms with van der Waals surface area (Å²) in [7, 11) is 0. The number of hydrogen-bond acceptors (Lipinski definition) is 4. The van der Waals surface area contributed by atoms with E-state index in [-0.39, 0.29) is 30.1 Å². The van der Waals surface area contributed by atoms with Gasteiger partial charge in [0.1, 0.15) is 6.54 Å². The molecule has 2 rings (SSSR count). The Morgan fingerprint density at radius 1 is 0.852 bits per heavy atom. The molecule has 27 heavy (non-hydrogen) atoms. The second-order valence-corrected chi connectivity index (χ2v) is 5.99. The fourth-order valence-corrected chi connectivity index (χ4v) is 2.30. The quantitative estimate of drug-likeness (QED) is 0.620. The van der Waals surface area contributed by atoms with E-state index in [2.05, 4.69) is 10.6 Å². The Balaban J connectivity index is 1.83. The lowest BCUT2D eigenvalue weighted by atomic mass is 10.0. The van der Waals surface area contributed by atoms with Crippen molar-refractivity contribution in [1.29, 1.82) is 0 Å².